The second kappa shape index (κ2) is 13.6. The van der Waals surface area contributed by atoms with Crippen LogP contribution in [0.25, 0.3) is 20.2 Å². The SMILES string of the molecule is CO.O=CCCC(=O)c1cc2ccc(NC(=O)COc3ccc4cc(C(=O)CCC(=O)O)sc4c3)cc2s1. The van der Waals surface area contributed by atoms with Crippen LogP contribution < -0.4 is 10.1 Å². The molecule has 0 aliphatic carbocycles. The number of anilines is 1. The monoisotopic (exact) mass is 555 g/mol. The predicted octanol–water partition coefficient (Wildman–Crippen LogP) is 4.95. The minimum absolute atomic E-state index is 0.0548. The van der Waals surface area contributed by atoms with E-state index >= 15 is 0 Å². The van der Waals surface area contributed by atoms with Crippen LogP contribution in [0.15, 0.2) is 48.5 Å². The molecule has 9 nitrogen and oxygen atoms in total. The molecule has 4 aromatic rings. The Morgan fingerprint density at radius 2 is 1.45 bits per heavy atom. The molecule has 0 aliphatic heterocycles. The van der Waals surface area contributed by atoms with E-state index in [2.05, 4.69) is 5.32 Å². The second-order valence-corrected chi connectivity index (χ2v) is 10.1. The fourth-order valence-electron chi connectivity index (χ4n) is 3.49. The molecular weight excluding hydrogens is 530 g/mol. The fraction of sp³-hybridized carbons (Fsp3) is 0.222. The lowest BCUT2D eigenvalue weighted by Crippen LogP contribution is -2.20. The van der Waals surface area contributed by atoms with Crippen LogP contribution in [0, 0.1) is 0 Å². The summed E-state index contributed by atoms with van der Waals surface area (Å²) >= 11 is 2.57. The van der Waals surface area contributed by atoms with E-state index < -0.39 is 5.97 Å². The van der Waals surface area contributed by atoms with Crippen LogP contribution in [0.2, 0.25) is 0 Å². The van der Waals surface area contributed by atoms with Gasteiger partial charge in [0.05, 0.1) is 16.2 Å². The van der Waals surface area contributed by atoms with E-state index in [1.807, 2.05) is 6.07 Å². The van der Waals surface area contributed by atoms with Gasteiger partial charge in [-0.15, -0.1) is 22.7 Å². The zero-order chi connectivity index (χ0) is 27.7. The van der Waals surface area contributed by atoms with Gasteiger partial charge >= 0.3 is 5.97 Å². The maximum atomic E-state index is 12.4. The average molecular weight is 556 g/mol. The van der Waals surface area contributed by atoms with E-state index in [1.165, 1.54) is 22.7 Å². The van der Waals surface area contributed by atoms with Crippen LogP contribution in [0.4, 0.5) is 5.69 Å². The summed E-state index contributed by atoms with van der Waals surface area (Å²) in [6.07, 6.45) is 0.830. The number of carboxylic acids is 1. The maximum Gasteiger partial charge on any atom is 0.303 e. The number of hydrogen-bond donors (Lipinski definition) is 3. The number of aliphatic hydroxyl groups is 1. The van der Waals surface area contributed by atoms with E-state index in [1.54, 1.807) is 42.5 Å². The number of hydrogen-bond acceptors (Lipinski definition) is 9. The molecule has 2 aromatic heterocycles. The van der Waals surface area contributed by atoms with Gasteiger partial charge in [0.1, 0.15) is 12.0 Å². The fourth-order valence-corrected chi connectivity index (χ4v) is 5.62. The predicted molar refractivity (Wildman–Crippen MR) is 147 cm³/mol. The third-order valence-electron chi connectivity index (χ3n) is 5.27. The number of benzene rings is 2. The Bertz CT molecular complexity index is 1490. The van der Waals surface area contributed by atoms with Gasteiger partial charge in [0.2, 0.25) is 0 Å². The van der Waals surface area contributed by atoms with Crippen LogP contribution in [0.5, 0.6) is 5.75 Å². The summed E-state index contributed by atoms with van der Waals surface area (Å²) in [5.41, 5.74) is 0.572. The Morgan fingerprint density at radius 3 is 2.08 bits per heavy atom. The van der Waals surface area contributed by atoms with Crippen molar-refractivity contribution in [3.05, 3.63) is 58.3 Å². The highest BCUT2D eigenvalue weighted by molar-refractivity contribution is 7.21. The van der Waals surface area contributed by atoms with E-state index in [9.17, 15) is 24.0 Å². The lowest BCUT2D eigenvalue weighted by Gasteiger charge is -2.08. The molecule has 0 saturated heterocycles. The molecule has 0 unspecified atom stereocenters. The number of nitrogens with one attached hydrogen (secondary N) is 1. The Labute approximate surface area is 225 Å². The first-order chi connectivity index (χ1) is 18.3. The summed E-state index contributed by atoms with van der Waals surface area (Å²) < 4.78 is 7.27. The third-order valence-corrected chi connectivity index (χ3v) is 7.55. The van der Waals surface area contributed by atoms with Gasteiger partial charge in [-0.25, -0.2) is 0 Å². The molecule has 198 valence electrons. The summed E-state index contributed by atoms with van der Waals surface area (Å²) in [5, 5.41) is 20.3. The molecule has 4 rings (SSSR count). The molecule has 0 saturated carbocycles. The first kappa shape index (κ1) is 28.6. The summed E-state index contributed by atoms with van der Waals surface area (Å²) in [7, 11) is 1.00. The van der Waals surface area contributed by atoms with Crippen LogP contribution >= 0.6 is 22.7 Å². The van der Waals surface area contributed by atoms with Crippen molar-refractivity contribution in [2.45, 2.75) is 25.7 Å². The number of rotatable bonds is 12. The van der Waals surface area contributed by atoms with Crippen molar-refractivity contribution in [2.75, 3.05) is 19.0 Å². The summed E-state index contributed by atoms with van der Waals surface area (Å²) in [5.74, 6) is -1.21. The van der Waals surface area contributed by atoms with Crippen LogP contribution in [0.3, 0.4) is 0 Å². The number of aliphatic hydroxyl groups excluding tert-OH is 1. The minimum atomic E-state index is -1.01. The number of ether oxygens (including phenoxy) is 1. The molecule has 0 radical (unpaired) electrons. The van der Waals surface area contributed by atoms with Gasteiger partial charge in [0, 0.05) is 41.5 Å². The van der Waals surface area contributed by atoms with Gasteiger partial charge in [0.15, 0.2) is 18.2 Å². The van der Waals surface area contributed by atoms with Crippen molar-refractivity contribution >= 4 is 78.3 Å². The molecular formula is C27H25NO8S2. The molecule has 2 aromatic carbocycles. The third kappa shape index (κ3) is 7.54. The Hall–Kier alpha value is -3.93. The van der Waals surface area contributed by atoms with E-state index in [-0.39, 0.29) is 49.8 Å². The lowest BCUT2D eigenvalue weighted by atomic mass is 10.1. The molecule has 0 spiro atoms. The van der Waals surface area contributed by atoms with E-state index in [0.29, 0.717) is 21.2 Å². The van der Waals surface area contributed by atoms with Gasteiger partial charge in [0.25, 0.3) is 5.91 Å². The van der Waals surface area contributed by atoms with Crippen molar-refractivity contribution in [1.29, 1.82) is 0 Å². The highest BCUT2D eigenvalue weighted by Crippen LogP contribution is 2.31. The van der Waals surface area contributed by atoms with Gasteiger partial charge in [-0.05, 0) is 53.2 Å². The normalized spacial score (nSPS) is 10.5. The molecule has 2 heterocycles. The maximum absolute atomic E-state index is 12.4. The van der Waals surface area contributed by atoms with Crippen LogP contribution in [0.1, 0.15) is 45.0 Å². The molecule has 0 fully saturated rings. The summed E-state index contributed by atoms with van der Waals surface area (Å²) in [6.45, 7) is -0.223. The van der Waals surface area contributed by atoms with Crippen molar-refractivity contribution in [3.8, 4) is 5.75 Å². The van der Waals surface area contributed by atoms with Crippen molar-refractivity contribution in [1.82, 2.24) is 0 Å². The summed E-state index contributed by atoms with van der Waals surface area (Å²) in [4.78, 5) is 59.0. The summed E-state index contributed by atoms with van der Waals surface area (Å²) in [6, 6.07) is 14.1. The Balaban J connectivity index is 0.00000195. The van der Waals surface area contributed by atoms with Gasteiger partial charge < -0.3 is 25.1 Å². The zero-order valence-electron chi connectivity index (χ0n) is 20.4. The van der Waals surface area contributed by atoms with E-state index in [0.717, 1.165) is 33.6 Å². The highest BCUT2D eigenvalue weighted by Gasteiger charge is 2.14. The molecule has 38 heavy (non-hydrogen) atoms. The van der Waals surface area contributed by atoms with Crippen molar-refractivity contribution in [3.63, 3.8) is 0 Å². The molecule has 0 atom stereocenters. The smallest absolute Gasteiger partial charge is 0.303 e. The number of carboxylic acid groups (broad SMARTS) is 1. The number of fused-ring (bicyclic) bond motifs is 2. The van der Waals surface area contributed by atoms with Crippen LogP contribution in [-0.4, -0.2) is 53.7 Å². The van der Waals surface area contributed by atoms with Crippen molar-refractivity contribution in [2.24, 2.45) is 0 Å². The molecule has 0 bridgehead atoms. The number of amides is 1. The Morgan fingerprint density at radius 1 is 0.842 bits per heavy atom. The molecule has 11 heteroatoms. The number of aldehydes is 1. The number of carbonyl (C=O) groups excluding carboxylic acids is 4. The van der Waals surface area contributed by atoms with Crippen LogP contribution in [-0.2, 0) is 14.4 Å². The van der Waals surface area contributed by atoms with Crippen molar-refractivity contribution < 1.29 is 38.9 Å². The number of thiophene rings is 2. The zero-order valence-corrected chi connectivity index (χ0v) is 22.0. The van der Waals surface area contributed by atoms with Gasteiger partial charge in [-0.1, -0.05) is 6.07 Å². The molecule has 1 amide bonds. The van der Waals surface area contributed by atoms with Gasteiger partial charge in [-0.2, -0.15) is 0 Å². The molecule has 3 N–H and O–H groups in total. The quantitative estimate of drug-likeness (QED) is 0.164. The van der Waals surface area contributed by atoms with Gasteiger partial charge in [-0.3, -0.25) is 19.2 Å². The first-order valence-corrected chi connectivity index (χ1v) is 13.1. The number of ketones is 2. The van der Waals surface area contributed by atoms with E-state index in [4.69, 9.17) is 14.9 Å². The minimum Gasteiger partial charge on any atom is -0.484 e. The number of carbonyl (C=O) groups is 5. The highest BCUT2D eigenvalue weighted by atomic mass is 32.1. The number of Topliss-reactive ketones (excluding diaryl/α,β-unsaturated/α-hetero) is 2. The average Bonchev–Trinajstić information content (AvgIpc) is 3.54. The first-order valence-electron chi connectivity index (χ1n) is 11.5. The topological polar surface area (TPSA) is 147 Å². The second-order valence-electron chi connectivity index (χ2n) is 7.96. The standard InChI is InChI=1S/C26H21NO7S2.CH4O/c28-9-1-2-19(29)23-10-15-3-5-17(12-21(15)35-23)27-25(31)14-34-18-6-4-16-11-24(36-22(16)13-18)20(30)7-8-26(32)33;1-2/h3-6,9-13H,1-2,7-8,14H2,(H,27,31)(H,32,33);2H,1H3. The largest absolute Gasteiger partial charge is 0.484 e. The molecule has 0 aliphatic rings. The lowest BCUT2D eigenvalue weighted by molar-refractivity contribution is -0.137. The number of aliphatic carboxylic acids is 1. The Kier molecular flexibility index (Phi) is 10.2.